The van der Waals surface area contributed by atoms with Crippen LogP contribution in [0.3, 0.4) is 0 Å². The van der Waals surface area contributed by atoms with Gasteiger partial charge < -0.3 is 19.7 Å². The molecule has 0 radical (unpaired) electrons. The molecule has 8 nitrogen and oxygen atoms in total. The van der Waals surface area contributed by atoms with Gasteiger partial charge in [0.05, 0.1) is 19.9 Å². The second kappa shape index (κ2) is 8.89. The first-order valence-corrected chi connectivity index (χ1v) is 11.2. The van der Waals surface area contributed by atoms with Crippen LogP contribution in [0.25, 0.3) is 5.57 Å². The van der Waals surface area contributed by atoms with Gasteiger partial charge in [-0.15, -0.1) is 0 Å². The summed E-state index contributed by atoms with van der Waals surface area (Å²) in [5, 5.41) is 2.74. The molecule has 1 aliphatic heterocycles. The highest BCUT2D eigenvalue weighted by Gasteiger charge is 2.38. The lowest BCUT2D eigenvalue weighted by molar-refractivity contribution is -0.116. The highest BCUT2D eigenvalue weighted by atomic mass is 32.2. The topological polar surface area (TPSA) is 88.2 Å². The Hall–Kier alpha value is -3.20. The maximum atomic E-state index is 13.1. The van der Waals surface area contributed by atoms with Crippen LogP contribution in [0.1, 0.15) is 12.5 Å². The van der Waals surface area contributed by atoms with Crippen molar-refractivity contribution in [2.45, 2.75) is 6.92 Å². The second-order valence-corrected chi connectivity index (χ2v) is 9.07. The summed E-state index contributed by atoms with van der Waals surface area (Å²) in [6.07, 6.45) is 0. The number of para-hydroxylation sites is 1. The Morgan fingerprint density at radius 2 is 1.71 bits per heavy atom. The molecule has 0 fully saturated rings. The fourth-order valence-corrected chi connectivity index (χ4v) is 5.01. The van der Waals surface area contributed by atoms with Crippen molar-refractivity contribution >= 4 is 32.9 Å². The fraction of sp³-hybridized carbons (Fsp3) is 0.318. The standard InChI is InChI=1S/C22H27N3O5S/c1-15-17-13-19(29-4)20(30-5)14-18(17)25(3)31(27,28)21(15)22(26)23-11-12-24(2)16-9-7-6-8-10-16/h6-10,13-14H,11-12H2,1-5H3,(H,23,26). The van der Waals surface area contributed by atoms with Crippen molar-refractivity contribution in [2.75, 3.05) is 50.6 Å². The van der Waals surface area contributed by atoms with E-state index in [-0.39, 0.29) is 4.91 Å². The molecule has 0 aliphatic carbocycles. The van der Waals surface area contributed by atoms with Crippen LogP contribution in [0.15, 0.2) is 47.4 Å². The molecule has 2 aromatic rings. The lowest BCUT2D eigenvalue weighted by atomic mass is 10.0. The Morgan fingerprint density at radius 3 is 2.32 bits per heavy atom. The number of amides is 1. The van der Waals surface area contributed by atoms with Crippen molar-refractivity contribution in [2.24, 2.45) is 0 Å². The molecule has 0 aromatic heterocycles. The number of ether oxygens (including phenoxy) is 2. The number of sulfonamides is 1. The summed E-state index contributed by atoms with van der Waals surface area (Å²) in [7, 11) is 2.29. The maximum Gasteiger partial charge on any atom is 0.269 e. The third-order valence-electron chi connectivity index (χ3n) is 5.34. The van der Waals surface area contributed by atoms with Crippen molar-refractivity contribution in [3.8, 4) is 11.5 Å². The highest BCUT2D eigenvalue weighted by molar-refractivity contribution is 7.97. The van der Waals surface area contributed by atoms with Crippen LogP contribution in [0.5, 0.6) is 11.5 Å². The minimum absolute atomic E-state index is 0.267. The third kappa shape index (κ3) is 4.18. The highest BCUT2D eigenvalue weighted by Crippen LogP contribution is 2.44. The van der Waals surface area contributed by atoms with Crippen LogP contribution >= 0.6 is 0 Å². The number of anilines is 2. The SMILES string of the molecule is COc1cc2c(cc1OC)N(C)S(=O)(=O)C(C(=O)NCCN(C)c1ccccc1)=C2C. The number of rotatable bonds is 7. The number of benzene rings is 2. The molecule has 2 aromatic carbocycles. The van der Waals surface area contributed by atoms with Gasteiger partial charge in [0.25, 0.3) is 15.9 Å². The minimum Gasteiger partial charge on any atom is -0.493 e. The van der Waals surface area contributed by atoms with Gasteiger partial charge >= 0.3 is 0 Å². The zero-order valence-corrected chi connectivity index (χ0v) is 19.1. The quantitative estimate of drug-likeness (QED) is 0.705. The Labute approximate surface area is 183 Å². The molecule has 0 saturated carbocycles. The molecule has 31 heavy (non-hydrogen) atoms. The number of allylic oxidation sites excluding steroid dienone is 1. The minimum atomic E-state index is -4.02. The number of nitrogens with zero attached hydrogens (tertiary/aromatic N) is 2. The molecule has 1 aliphatic rings. The van der Waals surface area contributed by atoms with Crippen LogP contribution in [-0.2, 0) is 14.8 Å². The zero-order chi connectivity index (χ0) is 22.8. The van der Waals surface area contributed by atoms with Gasteiger partial charge in [-0.25, -0.2) is 8.42 Å². The van der Waals surface area contributed by atoms with E-state index in [0.29, 0.717) is 41.4 Å². The number of methoxy groups -OCH3 is 2. The van der Waals surface area contributed by atoms with E-state index in [4.69, 9.17) is 9.47 Å². The van der Waals surface area contributed by atoms with E-state index in [0.717, 1.165) is 9.99 Å². The summed E-state index contributed by atoms with van der Waals surface area (Å²) in [5.74, 6) is 0.233. The van der Waals surface area contributed by atoms with Crippen molar-refractivity contribution in [1.82, 2.24) is 5.32 Å². The lowest BCUT2D eigenvalue weighted by Crippen LogP contribution is -2.41. The third-order valence-corrected chi connectivity index (χ3v) is 7.27. The average Bonchev–Trinajstić information content (AvgIpc) is 2.77. The van der Waals surface area contributed by atoms with Gasteiger partial charge in [0.15, 0.2) is 16.4 Å². The van der Waals surface area contributed by atoms with Gasteiger partial charge in [-0.2, -0.15) is 0 Å². The van der Waals surface area contributed by atoms with E-state index >= 15 is 0 Å². The van der Waals surface area contributed by atoms with Crippen LogP contribution in [-0.4, -0.2) is 55.7 Å². The number of likely N-dealkylation sites (N-methyl/N-ethyl adjacent to an activating group) is 1. The van der Waals surface area contributed by atoms with Crippen molar-refractivity contribution in [1.29, 1.82) is 0 Å². The Balaban J connectivity index is 1.87. The predicted octanol–water partition coefficient (Wildman–Crippen LogP) is 2.47. The molecule has 3 rings (SSSR count). The number of carbonyl (C=O) groups is 1. The Bertz CT molecular complexity index is 1110. The number of hydrogen-bond donors (Lipinski definition) is 1. The Kier molecular flexibility index (Phi) is 6.45. The zero-order valence-electron chi connectivity index (χ0n) is 18.3. The molecule has 1 N–H and O–H groups in total. The van der Waals surface area contributed by atoms with Crippen molar-refractivity contribution in [3.05, 3.63) is 52.9 Å². The molecule has 1 amide bonds. The van der Waals surface area contributed by atoms with Gasteiger partial charge in [0.1, 0.15) is 0 Å². The molecule has 0 saturated heterocycles. The van der Waals surface area contributed by atoms with Crippen molar-refractivity contribution in [3.63, 3.8) is 0 Å². The van der Waals surface area contributed by atoms with Gasteiger partial charge in [-0.1, -0.05) is 18.2 Å². The summed E-state index contributed by atoms with van der Waals surface area (Å²) in [5.41, 5.74) is 2.40. The second-order valence-electron chi connectivity index (χ2n) is 7.16. The summed E-state index contributed by atoms with van der Waals surface area (Å²) in [6.45, 7) is 2.44. The molecule has 1 heterocycles. The van der Waals surface area contributed by atoms with Crippen LogP contribution in [0.2, 0.25) is 0 Å². The first kappa shape index (κ1) is 22.5. The summed E-state index contributed by atoms with van der Waals surface area (Å²) >= 11 is 0. The van der Waals surface area contributed by atoms with Crippen LogP contribution in [0.4, 0.5) is 11.4 Å². The summed E-state index contributed by atoms with van der Waals surface area (Å²) in [4.78, 5) is 14.6. The monoisotopic (exact) mass is 445 g/mol. The molecule has 9 heteroatoms. The number of nitrogens with one attached hydrogen (secondary N) is 1. The molecular weight excluding hydrogens is 418 g/mol. The normalized spacial score (nSPS) is 14.7. The number of carbonyl (C=O) groups excluding carboxylic acids is 1. The predicted molar refractivity (Wildman–Crippen MR) is 122 cm³/mol. The molecule has 166 valence electrons. The summed E-state index contributed by atoms with van der Waals surface area (Å²) in [6, 6.07) is 13.0. The lowest BCUT2D eigenvalue weighted by Gasteiger charge is -2.30. The first-order chi connectivity index (χ1) is 14.7. The number of hydrogen-bond acceptors (Lipinski definition) is 6. The maximum absolute atomic E-state index is 13.1. The van der Waals surface area contributed by atoms with Gasteiger partial charge in [-0.3, -0.25) is 9.10 Å². The smallest absolute Gasteiger partial charge is 0.269 e. The summed E-state index contributed by atoms with van der Waals surface area (Å²) < 4.78 is 38.0. The average molecular weight is 446 g/mol. The van der Waals surface area contributed by atoms with Crippen LogP contribution < -0.4 is 24.0 Å². The molecule has 0 unspecified atom stereocenters. The Morgan fingerprint density at radius 1 is 1.10 bits per heavy atom. The van der Waals surface area contributed by atoms with Crippen LogP contribution in [0, 0.1) is 0 Å². The van der Waals surface area contributed by atoms with Gasteiger partial charge in [0.2, 0.25) is 0 Å². The van der Waals surface area contributed by atoms with E-state index in [1.165, 1.54) is 21.3 Å². The molecule has 0 atom stereocenters. The largest absolute Gasteiger partial charge is 0.493 e. The van der Waals surface area contributed by atoms with E-state index in [1.54, 1.807) is 19.1 Å². The van der Waals surface area contributed by atoms with Gasteiger partial charge in [-0.05, 0) is 30.7 Å². The molecule has 0 bridgehead atoms. The first-order valence-electron chi connectivity index (χ1n) is 9.73. The number of fused-ring (bicyclic) bond motifs is 1. The fourth-order valence-electron chi connectivity index (χ4n) is 3.53. The van der Waals surface area contributed by atoms with Gasteiger partial charge in [0, 0.05) is 44.5 Å². The van der Waals surface area contributed by atoms with E-state index in [1.807, 2.05) is 42.3 Å². The molecular formula is C22H27N3O5S. The molecule has 0 spiro atoms. The van der Waals surface area contributed by atoms with Crippen molar-refractivity contribution < 1.29 is 22.7 Å². The van der Waals surface area contributed by atoms with E-state index < -0.39 is 15.9 Å². The van der Waals surface area contributed by atoms with E-state index in [2.05, 4.69) is 5.32 Å². The van der Waals surface area contributed by atoms with E-state index in [9.17, 15) is 13.2 Å².